The van der Waals surface area contributed by atoms with Crippen molar-refractivity contribution >= 4 is 0 Å². The zero-order chi connectivity index (χ0) is 9.97. The van der Waals surface area contributed by atoms with Gasteiger partial charge in [-0.15, -0.1) is 0 Å². The van der Waals surface area contributed by atoms with Crippen molar-refractivity contribution in [3.8, 4) is 5.75 Å². The van der Waals surface area contributed by atoms with Crippen molar-refractivity contribution in [1.29, 1.82) is 0 Å². The summed E-state index contributed by atoms with van der Waals surface area (Å²) in [6.07, 6.45) is 1.54. The van der Waals surface area contributed by atoms with Crippen molar-refractivity contribution < 1.29 is 10.2 Å². The molecule has 0 spiro atoms. The lowest BCUT2D eigenvalue weighted by Crippen LogP contribution is -2.23. The lowest BCUT2D eigenvalue weighted by molar-refractivity contribution is 0.193. The van der Waals surface area contributed by atoms with Gasteiger partial charge in [-0.05, 0) is 30.5 Å². The van der Waals surface area contributed by atoms with Gasteiger partial charge in [-0.1, -0.05) is 12.1 Å². The lowest BCUT2D eigenvalue weighted by Gasteiger charge is -2.09. The van der Waals surface area contributed by atoms with Crippen LogP contribution in [0.25, 0.3) is 0 Å². The number of hydrogen-bond acceptors (Lipinski definition) is 3. The van der Waals surface area contributed by atoms with Gasteiger partial charge >= 0.3 is 0 Å². The van der Waals surface area contributed by atoms with E-state index in [0.717, 1.165) is 12.8 Å². The zero-order valence-corrected chi connectivity index (χ0v) is 7.98. The largest absolute Gasteiger partial charge is 0.508 e. The van der Waals surface area contributed by atoms with Crippen LogP contribution in [0.15, 0.2) is 24.3 Å². The summed E-state index contributed by atoms with van der Waals surface area (Å²) >= 11 is 0. The standard InChI is InChI=1S/C11H15NO2/c13-10-3-1-8(2-4-10)5-9-6-11(14)7-12-9/h1-4,9,11-14H,5-7H2/t9-,11-/m1/s1. The summed E-state index contributed by atoms with van der Waals surface area (Å²) in [4.78, 5) is 0. The highest BCUT2D eigenvalue weighted by Crippen LogP contribution is 2.15. The topological polar surface area (TPSA) is 52.5 Å². The number of aliphatic hydroxyl groups excluding tert-OH is 1. The normalized spacial score (nSPS) is 26.6. The fourth-order valence-corrected chi connectivity index (χ4v) is 1.87. The third-order valence-corrected chi connectivity index (χ3v) is 2.62. The SMILES string of the molecule is Oc1ccc(C[C@@H]2C[C@@H](O)CN2)cc1. The van der Waals surface area contributed by atoms with Gasteiger partial charge in [0.2, 0.25) is 0 Å². The molecule has 1 aliphatic heterocycles. The van der Waals surface area contributed by atoms with Gasteiger partial charge in [0.1, 0.15) is 5.75 Å². The van der Waals surface area contributed by atoms with E-state index in [4.69, 9.17) is 5.11 Å². The van der Waals surface area contributed by atoms with Gasteiger partial charge in [-0.2, -0.15) is 0 Å². The first kappa shape index (κ1) is 9.49. The molecular weight excluding hydrogens is 178 g/mol. The predicted octanol–water partition coefficient (Wildman–Crippen LogP) is 0.658. The quantitative estimate of drug-likeness (QED) is 0.646. The van der Waals surface area contributed by atoms with E-state index in [1.165, 1.54) is 5.56 Å². The third kappa shape index (κ3) is 2.25. The molecular formula is C11H15NO2. The highest BCUT2D eigenvalue weighted by atomic mass is 16.3. The molecule has 0 amide bonds. The number of β-amino-alcohol motifs (C(OH)–C–C–N with tert-alkyl or cyclic N) is 1. The van der Waals surface area contributed by atoms with Crippen molar-refractivity contribution in [2.45, 2.75) is 25.0 Å². The molecule has 1 aromatic carbocycles. The molecule has 2 atom stereocenters. The van der Waals surface area contributed by atoms with Gasteiger partial charge in [0, 0.05) is 12.6 Å². The fraction of sp³-hybridized carbons (Fsp3) is 0.455. The maximum Gasteiger partial charge on any atom is 0.115 e. The van der Waals surface area contributed by atoms with E-state index in [1.54, 1.807) is 12.1 Å². The first-order chi connectivity index (χ1) is 6.74. The number of aromatic hydroxyl groups is 1. The first-order valence-corrected chi connectivity index (χ1v) is 4.93. The van der Waals surface area contributed by atoms with Crippen LogP contribution in [0, 0.1) is 0 Å². The van der Waals surface area contributed by atoms with Crippen molar-refractivity contribution in [3.05, 3.63) is 29.8 Å². The molecule has 3 N–H and O–H groups in total. The molecule has 2 rings (SSSR count). The Bertz CT molecular complexity index is 297. The van der Waals surface area contributed by atoms with Crippen LogP contribution in [-0.4, -0.2) is 28.9 Å². The Balaban J connectivity index is 1.94. The molecule has 0 aliphatic carbocycles. The van der Waals surface area contributed by atoms with Gasteiger partial charge in [0.05, 0.1) is 6.10 Å². The fourth-order valence-electron chi connectivity index (χ4n) is 1.87. The van der Waals surface area contributed by atoms with Crippen LogP contribution >= 0.6 is 0 Å². The molecule has 1 saturated heterocycles. The minimum atomic E-state index is -0.197. The van der Waals surface area contributed by atoms with Crippen molar-refractivity contribution in [2.24, 2.45) is 0 Å². The van der Waals surface area contributed by atoms with Gasteiger partial charge in [-0.3, -0.25) is 0 Å². The van der Waals surface area contributed by atoms with Crippen LogP contribution in [0.1, 0.15) is 12.0 Å². The van der Waals surface area contributed by atoms with E-state index in [2.05, 4.69) is 5.32 Å². The first-order valence-electron chi connectivity index (χ1n) is 4.93. The monoisotopic (exact) mass is 193 g/mol. The molecule has 3 heteroatoms. The molecule has 76 valence electrons. The van der Waals surface area contributed by atoms with Gasteiger partial charge in [0.15, 0.2) is 0 Å². The average Bonchev–Trinajstić information content (AvgIpc) is 2.56. The summed E-state index contributed by atoms with van der Waals surface area (Å²) < 4.78 is 0. The number of benzene rings is 1. The minimum absolute atomic E-state index is 0.197. The van der Waals surface area contributed by atoms with Crippen LogP contribution < -0.4 is 5.32 Å². The van der Waals surface area contributed by atoms with Crippen molar-refractivity contribution in [2.75, 3.05) is 6.54 Å². The van der Waals surface area contributed by atoms with Crippen LogP contribution in [0.5, 0.6) is 5.75 Å². The average molecular weight is 193 g/mol. The summed E-state index contributed by atoms with van der Waals surface area (Å²) in [5.74, 6) is 0.299. The molecule has 0 saturated carbocycles. The van der Waals surface area contributed by atoms with Crippen molar-refractivity contribution in [1.82, 2.24) is 5.32 Å². The molecule has 1 fully saturated rings. The Morgan fingerprint density at radius 2 is 2.00 bits per heavy atom. The van der Waals surface area contributed by atoms with Crippen LogP contribution in [0.4, 0.5) is 0 Å². The molecule has 0 unspecified atom stereocenters. The lowest BCUT2D eigenvalue weighted by atomic mass is 10.0. The summed E-state index contributed by atoms with van der Waals surface area (Å²) in [6, 6.07) is 7.60. The molecule has 1 heterocycles. The molecule has 0 radical (unpaired) electrons. The number of phenolic OH excluding ortho intramolecular Hbond substituents is 1. The second kappa shape index (κ2) is 3.98. The Labute approximate surface area is 83.4 Å². The zero-order valence-electron chi connectivity index (χ0n) is 7.98. The molecule has 0 bridgehead atoms. The second-order valence-corrected chi connectivity index (χ2v) is 3.87. The number of aliphatic hydroxyl groups is 1. The summed E-state index contributed by atoms with van der Waals surface area (Å²) in [5, 5.41) is 21.7. The Morgan fingerprint density at radius 1 is 1.29 bits per heavy atom. The van der Waals surface area contributed by atoms with Crippen molar-refractivity contribution in [3.63, 3.8) is 0 Å². The van der Waals surface area contributed by atoms with E-state index in [1.807, 2.05) is 12.1 Å². The Morgan fingerprint density at radius 3 is 2.57 bits per heavy atom. The molecule has 1 aromatic rings. The molecule has 3 nitrogen and oxygen atoms in total. The van der Waals surface area contributed by atoms with Crippen LogP contribution in [0.3, 0.4) is 0 Å². The van der Waals surface area contributed by atoms with Crippen LogP contribution in [-0.2, 0) is 6.42 Å². The summed E-state index contributed by atoms with van der Waals surface area (Å²) in [7, 11) is 0. The van der Waals surface area contributed by atoms with Crippen LogP contribution in [0.2, 0.25) is 0 Å². The van der Waals surface area contributed by atoms with E-state index in [9.17, 15) is 5.11 Å². The predicted molar refractivity (Wildman–Crippen MR) is 54.2 cm³/mol. The van der Waals surface area contributed by atoms with E-state index >= 15 is 0 Å². The molecule has 0 aromatic heterocycles. The second-order valence-electron chi connectivity index (χ2n) is 3.87. The smallest absolute Gasteiger partial charge is 0.115 e. The highest BCUT2D eigenvalue weighted by molar-refractivity contribution is 5.26. The maximum atomic E-state index is 9.32. The minimum Gasteiger partial charge on any atom is -0.508 e. The number of phenols is 1. The number of hydrogen-bond donors (Lipinski definition) is 3. The summed E-state index contributed by atoms with van der Waals surface area (Å²) in [6.45, 7) is 0.697. The molecule has 1 aliphatic rings. The summed E-state index contributed by atoms with van der Waals surface area (Å²) in [5.41, 5.74) is 1.19. The highest BCUT2D eigenvalue weighted by Gasteiger charge is 2.21. The van der Waals surface area contributed by atoms with E-state index < -0.39 is 0 Å². The third-order valence-electron chi connectivity index (χ3n) is 2.62. The maximum absolute atomic E-state index is 9.32. The van der Waals surface area contributed by atoms with Gasteiger partial charge < -0.3 is 15.5 Å². The Kier molecular flexibility index (Phi) is 2.70. The van der Waals surface area contributed by atoms with E-state index in [-0.39, 0.29) is 6.10 Å². The van der Waals surface area contributed by atoms with Gasteiger partial charge in [0.25, 0.3) is 0 Å². The van der Waals surface area contributed by atoms with E-state index in [0.29, 0.717) is 18.3 Å². The van der Waals surface area contributed by atoms with Gasteiger partial charge in [-0.25, -0.2) is 0 Å². The Hall–Kier alpha value is -1.06. The number of nitrogens with one attached hydrogen (secondary N) is 1. The molecule has 14 heavy (non-hydrogen) atoms. The number of rotatable bonds is 2.